The minimum Gasteiger partial charge on any atom is -0.377 e. The zero-order valence-electron chi connectivity index (χ0n) is 11.2. The lowest BCUT2D eigenvalue weighted by Crippen LogP contribution is -2.19. The first-order valence-corrected chi connectivity index (χ1v) is 6.25. The Labute approximate surface area is 111 Å². The first-order valence-electron chi connectivity index (χ1n) is 6.25. The molecular weight excluding hydrogens is 254 g/mol. The van der Waals surface area contributed by atoms with Crippen LogP contribution in [-0.4, -0.2) is 11.0 Å². The fraction of sp³-hybridized carbons (Fsp3) is 0.538. The molecule has 0 saturated carbocycles. The van der Waals surface area contributed by atoms with Gasteiger partial charge in [-0.3, -0.25) is 10.1 Å². The van der Waals surface area contributed by atoms with Gasteiger partial charge in [-0.25, -0.2) is 4.39 Å². The van der Waals surface area contributed by atoms with E-state index in [-0.39, 0.29) is 11.7 Å². The molecule has 0 fully saturated rings. The summed E-state index contributed by atoms with van der Waals surface area (Å²) in [5.74, 6) is -1.57. The molecule has 19 heavy (non-hydrogen) atoms. The Morgan fingerprint density at radius 3 is 2.53 bits per heavy atom. The topological polar surface area (TPSA) is 55.2 Å². The van der Waals surface area contributed by atoms with E-state index in [4.69, 9.17) is 0 Å². The lowest BCUT2D eigenvalue weighted by atomic mass is 10.00. The van der Waals surface area contributed by atoms with Crippen LogP contribution in [0.25, 0.3) is 0 Å². The summed E-state index contributed by atoms with van der Waals surface area (Å²) in [4.78, 5) is 9.98. The summed E-state index contributed by atoms with van der Waals surface area (Å²) in [5.41, 5.74) is -0.823. The number of nitro benzene ring substituents is 1. The second-order valence-electron chi connectivity index (χ2n) is 4.84. The van der Waals surface area contributed by atoms with Gasteiger partial charge in [0.05, 0.1) is 4.92 Å². The lowest BCUT2D eigenvalue weighted by molar-refractivity contribution is -0.386. The molecular formula is C13H18F2N2O2. The van der Waals surface area contributed by atoms with Gasteiger partial charge >= 0.3 is 5.69 Å². The minimum absolute atomic E-state index is 0.102. The maximum absolute atomic E-state index is 13.4. The van der Waals surface area contributed by atoms with Crippen LogP contribution in [0.3, 0.4) is 0 Å². The van der Waals surface area contributed by atoms with Crippen LogP contribution in [0.1, 0.15) is 33.6 Å². The normalized spacial score (nSPS) is 13.9. The highest BCUT2D eigenvalue weighted by Gasteiger charge is 2.23. The molecule has 2 unspecified atom stereocenters. The highest BCUT2D eigenvalue weighted by molar-refractivity contribution is 5.62. The Kier molecular flexibility index (Phi) is 5.20. The predicted octanol–water partition coefficient (Wildman–Crippen LogP) is 4.11. The Morgan fingerprint density at radius 1 is 1.37 bits per heavy atom. The molecule has 2 atom stereocenters. The summed E-state index contributed by atoms with van der Waals surface area (Å²) in [6.45, 7) is 5.93. The van der Waals surface area contributed by atoms with Gasteiger partial charge in [-0.05, 0) is 19.3 Å². The zero-order valence-corrected chi connectivity index (χ0v) is 11.2. The third-order valence-electron chi connectivity index (χ3n) is 3.07. The third-order valence-corrected chi connectivity index (χ3v) is 3.07. The van der Waals surface area contributed by atoms with Gasteiger partial charge in [-0.1, -0.05) is 20.3 Å². The number of rotatable bonds is 6. The van der Waals surface area contributed by atoms with Crippen LogP contribution in [0.15, 0.2) is 12.1 Å². The van der Waals surface area contributed by atoms with Crippen molar-refractivity contribution in [2.75, 3.05) is 5.32 Å². The number of nitro groups is 1. The van der Waals surface area contributed by atoms with Crippen LogP contribution >= 0.6 is 0 Å². The standard InChI is InChI=1S/C13H18F2N2O2/c1-4-8(2)5-9(3)16-12-7-10(14)6-11(15)13(12)17(18)19/h6-9,16H,4-5H2,1-3H3. The van der Waals surface area contributed by atoms with Gasteiger partial charge in [0, 0.05) is 18.2 Å². The molecule has 0 aliphatic rings. The summed E-state index contributed by atoms with van der Waals surface area (Å²) < 4.78 is 26.6. The van der Waals surface area contributed by atoms with Gasteiger partial charge in [0.25, 0.3) is 0 Å². The van der Waals surface area contributed by atoms with E-state index in [2.05, 4.69) is 12.2 Å². The van der Waals surface area contributed by atoms with Crippen molar-refractivity contribution in [3.8, 4) is 0 Å². The molecule has 6 heteroatoms. The number of anilines is 1. The van der Waals surface area contributed by atoms with E-state index in [0.29, 0.717) is 12.0 Å². The molecule has 1 N–H and O–H groups in total. The van der Waals surface area contributed by atoms with E-state index < -0.39 is 22.2 Å². The molecule has 0 aliphatic heterocycles. The lowest BCUT2D eigenvalue weighted by Gasteiger charge is -2.18. The molecule has 0 amide bonds. The number of halogens is 2. The van der Waals surface area contributed by atoms with Gasteiger partial charge in [-0.2, -0.15) is 4.39 Å². The fourth-order valence-electron chi connectivity index (χ4n) is 1.96. The first-order chi connectivity index (χ1) is 8.85. The molecule has 0 aliphatic carbocycles. The monoisotopic (exact) mass is 272 g/mol. The molecule has 1 aromatic rings. The predicted molar refractivity (Wildman–Crippen MR) is 70.2 cm³/mol. The molecule has 0 spiro atoms. The van der Waals surface area contributed by atoms with Gasteiger partial charge in [0.1, 0.15) is 11.5 Å². The molecule has 0 aromatic heterocycles. The summed E-state index contributed by atoms with van der Waals surface area (Å²) >= 11 is 0. The molecule has 0 heterocycles. The van der Waals surface area contributed by atoms with E-state index in [1.807, 2.05) is 13.8 Å². The van der Waals surface area contributed by atoms with Crippen LogP contribution < -0.4 is 5.32 Å². The maximum atomic E-state index is 13.4. The molecule has 4 nitrogen and oxygen atoms in total. The maximum Gasteiger partial charge on any atom is 0.327 e. The highest BCUT2D eigenvalue weighted by Crippen LogP contribution is 2.30. The van der Waals surface area contributed by atoms with Crippen molar-refractivity contribution >= 4 is 11.4 Å². The van der Waals surface area contributed by atoms with Gasteiger partial charge < -0.3 is 5.32 Å². The van der Waals surface area contributed by atoms with Crippen LogP contribution in [0.4, 0.5) is 20.2 Å². The van der Waals surface area contributed by atoms with Gasteiger partial charge in [0.15, 0.2) is 0 Å². The summed E-state index contributed by atoms with van der Waals surface area (Å²) in [6, 6.07) is 1.37. The van der Waals surface area contributed by atoms with Gasteiger partial charge in [-0.15, -0.1) is 0 Å². The smallest absolute Gasteiger partial charge is 0.327 e. The molecule has 1 aromatic carbocycles. The number of hydrogen-bond donors (Lipinski definition) is 1. The molecule has 1 rings (SSSR count). The van der Waals surface area contributed by atoms with E-state index in [0.717, 1.165) is 18.9 Å². The minimum atomic E-state index is -1.16. The van der Waals surface area contributed by atoms with Crippen molar-refractivity contribution in [1.82, 2.24) is 0 Å². The van der Waals surface area contributed by atoms with Crippen molar-refractivity contribution < 1.29 is 13.7 Å². The Bertz CT molecular complexity index is 466. The van der Waals surface area contributed by atoms with Crippen molar-refractivity contribution in [2.24, 2.45) is 5.92 Å². The summed E-state index contributed by atoms with van der Waals surface area (Å²) in [5, 5.41) is 13.6. The second-order valence-corrected chi connectivity index (χ2v) is 4.84. The molecule has 106 valence electrons. The zero-order chi connectivity index (χ0) is 14.6. The molecule has 0 bridgehead atoms. The Morgan fingerprint density at radius 2 is 2.00 bits per heavy atom. The number of nitrogens with one attached hydrogen (secondary N) is 1. The highest BCUT2D eigenvalue weighted by atomic mass is 19.1. The molecule has 0 radical (unpaired) electrons. The van der Waals surface area contributed by atoms with Crippen LogP contribution in [0.5, 0.6) is 0 Å². The van der Waals surface area contributed by atoms with Crippen LogP contribution in [0, 0.1) is 27.7 Å². The molecule has 0 saturated heterocycles. The third kappa shape index (κ3) is 4.15. The van der Waals surface area contributed by atoms with Crippen molar-refractivity contribution in [2.45, 2.75) is 39.7 Å². The summed E-state index contributed by atoms with van der Waals surface area (Å²) in [6.07, 6.45) is 1.75. The van der Waals surface area contributed by atoms with E-state index >= 15 is 0 Å². The average Bonchev–Trinajstić information content (AvgIpc) is 2.26. The summed E-state index contributed by atoms with van der Waals surface area (Å²) in [7, 11) is 0. The van der Waals surface area contributed by atoms with E-state index in [9.17, 15) is 18.9 Å². The average molecular weight is 272 g/mol. The van der Waals surface area contributed by atoms with Crippen molar-refractivity contribution in [3.63, 3.8) is 0 Å². The van der Waals surface area contributed by atoms with Gasteiger partial charge in [0.2, 0.25) is 5.82 Å². The quantitative estimate of drug-likeness (QED) is 0.626. The largest absolute Gasteiger partial charge is 0.377 e. The van der Waals surface area contributed by atoms with Crippen LogP contribution in [0.2, 0.25) is 0 Å². The first kappa shape index (κ1) is 15.3. The van der Waals surface area contributed by atoms with E-state index in [1.54, 1.807) is 0 Å². The van der Waals surface area contributed by atoms with Crippen molar-refractivity contribution in [3.05, 3.63) is 33.9 Å². The van der Waals surface area contributed by atoms with E-state index in [1.165, 1.54) is 0 Å². The fourth-order valence-corrected chi connectivity index (χ4v) is 1.96. The number of nitrogens with zero attached hydrogens (tertiary/aromatic N) is 1. The number of benzene rings is 1. The number of hydrogen-bond acceptors (Lipinski definition) is 3. The Hall–Kier alpha value is -1.72. The SMILES string of the molecule is CCC(C)CC(C)Nc1cc(F)cc(F)c1[N+](=O)[O-]. The second kappa shape index (κ2) is 6.45. The van der Waals surface area contributed by atoms with Crippen molar-refractivity contribution in [1.29, 1.82) is 0 Å². The Balaban J connectivity index is 2.96. The van der Waals surface area contributed by atoms with Crippen LogP contribution in [-0.2, 0) is 0 Å².